The van der Waals surface area contributed by atoms with Crippen LogP contribution < -0.4 is 20.5 Å². The van der Waals surface area contributed by atoms with E-state index in [0.717, 1.165) is 11.3 Å². The van der Waals surface area contributed by atoms with Crippen molar-refractivity contribution < 1.29 is 14.3 Å². The van der Waals surface area contributed by atoms with Gasteiger partial charge >= 0.3 is 0 Å². The molecule has 2 aromatic carbocycles. The molecule has 0 radical (unpaired) electrons. The van der Waals surface area contributed by atoms with Crippen molar-refractivity contribution >= 4 is 27.5 Å². The van der Waals surface area contributed by atoms with E-state index in [9.17, 15) is 4.79 Å². The van der Waals surface area contributed by atoms with E-state index in [1.807, 2.05) is 18.2 Å². The quantitative estimate of drug-likeness (QED) is 0.836. The van der Waals surface area contributed by atoms with Crippen LogP contribution in [0.25, 0.3) is 0 Å². The average molecular weight is 349 g/mol. The summed E-state index contributed by atoms with van der Waals surface area (Å²) >= 11 is 3.31. The van der Waals surface area contributed by atoms with Gasteiger partial charge < -0.3 is 20.5 Å². The highest BCUT2D eigenvalue weighted by atomic mass is 79.9. The van der Waals surface area contributed by atoms with Crippen molar-refractivity contribution in [2.45, 2.75) is 6.54 Å². The number of anilines is 1. The van der Waals surface area contributed by atoms with Gasteiger partial charge in [0.25, 0.3) is 5.91 Å². The maximum atomic E-state index is 12.2. The second-order valence-electron chi connectivity index (χ2n) is 4.57. The third-order valence-corrected chi connectivity index (χ3v) is 3.88. The Kier molecular flexibility index (Phi) is 3.70. The number of para-hydroxylation sites is 1. The summed E-state index contributed by atoms with van der Waals surface area (Å²) < 4.78 is 11.3. The van der Waals surface area contributed by atoms with Crippen LogP contribution in [0, 0.1) is 0 Å². The van der Waals surface area contributed by atoms with E-state index in [0.29, 0.717) is 28.0 Å². The molecule has 0 saturated heterocycles. The number of nitrogens with two attached hydrogens (primary N) is 1. The van der Waals surface area contributed by atoms with Gasteiger partial charge in [-0.1, -0.05) is 12.1 Å². The molecular formula is C15H13BrN2O3. The molecule has 0 bridgehead atoms. The van der Waals surface area contributed by atoms with Crippen molar-refractivity contribution in [3.8, 4) is 11.5 Å². The number of hydrogen-bond acceptors (Lipinski definition) is 4. The predicted octanol–water partition coefficient (Wildman–Crippen LogP) is 2.69. The molecule has 5 nitrogen and oxygen atoms in total. The van der Waals surface area contributed by atoms with Crippen LogP contribution in [0.2, 0.25) is 0 Å². The summed E-state index contributed by atoms with van der Waals surface area (Å²) in [6, 6.07) is 10.8. The van der Waals surface area contributed by atoms with Crippen molar-refractivity contribution in [1.82, 2.24) is 5.32 Å². The number of nitrogens with one attached hydrogen (secondary N) is 1. The van der Waals surface area contributed by atoms with Crippen LogP contribution >= 0.6 is 15.9 Å². The number of ether oxygens (including phenoxy) is 2. The summed E-state index contributed by atoms with van der Waals surface area (Å²) in [5.74, 6) is 1.21. The van der Waals surface area contributed by atoms with Gasteiger partial charge in [-0.05, 0) is 45.8 Å². The first-order chi connectivity index (χ1) is 10.1. The van der Waals surface area contributed by atoms with Crippen molar-refractivity contribution in [3.63, 3.8) is 0 Å². The predicted molar refractivity (Wildman–Crippen MR) is 82.3 cm³/mol. The Morgan fingerprint density at radius 2 is 2.05 bits per heavy atom. The molecule has 0 fully saturated rings. The first-order valence-corrected chi connectivity index (χ1v) is 7.15. The van der Waals surface area contributed by atoms with E-state index in [1.54, 1.807) is 18.2 Å². The Labute approximate surface area is 130 Å². The zero-order valence-electron chi connectivity index (χ0n) is 11.1. The van der Waals surface area contributed by atoms with E-state index >= 15 is 0 Å². The van der Waals surface area contributed by atoms with Gasteiger partial charge in [-0.3, -0.25) is 4.79 Å². The van der Waals surface area contributed by atoms with E-state index in [4.69, 9.17) is 15.2 Å². The highest BCUT2D eigenvalue weighted by molar-refractivity contribution is 9.10. The Balaban J connectivity index is 1.70. The molecular weight excluding hydrogens is 336 g/mol. The Hall–Kier alpha value is -2.21. The number of fused-ring (bicyclic) bond motifs is 1. The molecule has 0 aliphatic carbocycles. The molecule has 0 aromatic heterocycles. The van der Waals surface area contributed by atoms with Gasteiger partial charge in [-0.2, -0.15) is 0 Å². The van der Waals surface area contributed by atoms with Gasteiger partial charge in [0.1, 0.15) is 0 Å². The van der Waals surface area contributed by atoms with Gasteiger partial charge in [0, 0.05) is 11.0 Å². The van der Waals surface area contributed by atoms with Crippen LogP contribution in [-0.2, 0) is 6.54 Å². The average Bonchev–Trinajstić information content (AvgIpc) is 2.95. The molecule has 1 aliphatic heterocycles. The minimum absolute atomic E-state index is 0.216. The molecule has 0 unspecified atom stereocenters. The topological polar surface area (TPSA) is 73.6 Å². The highest BCUT2D eigenvalue weighted by Gasteiger charge is 2.14. The molecule has 3 N–H and O–H groups in total. The normalized spacial score (nSPS) is 12.2. The number of rotatable bonds is 3. The smallest absolute Gasteiger partial charge is 0.253 e. The zero-order valence-corrected chi connectivity index (χ0v) is 12.6. The van der Waals surface area contributed by atoms with Gasteiger partial charge in [0.2, 0.25) is 6.79 Å². The molecule has 3 rings (SSSR count). The van der Waals surface area contributed by atoms with E-state index in [2.05, 4.69) is 21.2 Å². The summed E-state index contributed by atoms with van der Waals surface area (Å²) in [4.78, 5) is 12.2. The second-order valence-corrected chi connectivity index (χ2v) is 5.43. The monoisotopic (exact) mass is 348 g/mol. The molecule has 1 heterocycles. The Morgan fingerprint density at radius 3 is 2.90 bits per heavy atom. The fourth-order valence-corrected chi connectivity index (χ4v) is 2.43. The fraction of sp³-hybridized carbons (Fsp3) is 0.133. The summed E-state index contributed by atoms with van der Waals surface area (Å²) in [5.41, 5.74) is 7.69. The molecule has 1 aliphatic rings. The lowest BCUT2D eigenvalue weighted by atomic mass is 10.1. The maximum absolute atomic E-state index is 12.2. The van der Waals surface area contributed by atoms with E-state index in [1.165, 1.54) is 0 Å². The van der Waals surface area contributed by atoms with Crippen LogP contribution in [-0.4, -0.2) is 12.7 Å². The summed E-state index contributed by atoms with van der Waals surface area (Å²) in [6.45, 7) is 0.626. The number of hydrogen-bond donors (Lipinski definition) is 2. The highest BCUT2D eigenvalue weighted by Crippen LogP contribution is 2.32. The van der Waals surface area contributed by atoms with Gasteiger partial charge in [-0.25, -0.2) is 0 Å². The fourth-order valence-electron chi connectivity index (χ4n) is 2.06. The van der Waals surface area contributed by atoms with Crippen molar-refractivity contribution in [2.24, 2.45) is 0 Å². The van der Waals surface area contributed by atoms with Gasteiger partial charge in [0.15, 0.2) is 11.5 Å². The summed E-state index contributed by atoms with van der Waals surface area (Å²) in [7, 11) is 0. The summed E-state index contributed by atoms with van der Waals surface area (Å²) in [6.07, 6.45) is 0. The Bertz CT molecular complexity index is 703. The first kappa shape index (κ1) is 13.8. The van der Waals surface area contributed by atoms with E-state index < -0.39 is 0 Å². The molecule has 21 heavy (non-hydrogen) atoms. The number of carbonyl (C=O) groups is 1. The molecule has 0 saturated carbocycles. The summed E-state index contributed by atoms with van der Waals surface area (Å²) in [5, 5.41) is 2.84. The van der Waals surface area contributed by atoms with Crippen molar-refractivity contribution in [2.75, 3.05) is 12.5 Å². The molecule has 6 heteroatoms. The van der Waals surface area contributed by atoms with Crippen LogP contribution in [0.4, 0.5) is 5.69 Å². The largest absolute Gasteiger partial charge is 0.454 e. The van der Waals surface area contributed by atoms with E-state index in [-0.39, 0.29) is 12.7 Å². The zero-order chi connectivity index (χ0) is 14.8. The lowest BCUT2D eigenvalue weighted by Gasteiger charge is -2.09. The van der Waals surface area contributed by atoms with Gasteiger partial charge in [0.05, 0.1) is 11.3 Å². The van der Waals surface area contributed by atoms with Crippen LogP contribution in [0.1, 0.15) is 15.9 Å². The molecule has 0 spiro atoms. The molecule has 108 valence electrons. The SMILES string of the molecule is Nc1c(Br)cccc1C(=O)NCc1ccc2c(c1)OCO2. The molecule has 0 atom stereocenters. The first-order valence-electron chi connectivity index (χ1n) is 6.36. The molecule has 2 aromatic rings. The Morgan fingerprint density at radius 1 is 1.24 bits per heavy atom. The maximum Gasteiger partial charge on any atom is 0.253 e. The van der Waals surface area contributed by atoms with Gasteiger partial charge in [-0.15, -0.1) is 0 Å². The number of carbonyl (C=O) groups excluding carboxylic acids is 1. The second kappa shape index (κ2) is 5.65. The minimum atomic E-state index is -0.216. The van der Waals surface area contributed by atoms with Crippen molar-refractivity contribution in [1.29, 1.82) is 0 Å². The third kappa shape index (κ3) is 2.80. The standard InChI is InChI=1S/C15H13BrN2O3/c16-11-3-1-2-10(14(11)17)15(19)18-7-9-4-5-12-13(6-9)21-8-20-12/h1-6H,7-8,17H2,(H,18,19). The van der Waals surface area contributed by atoms with Crippen molar-refractivity contribution in [3.05, 3.63) is 52.0 Å². The van der Waals surface area contributed by atoms with Crippen LogP contribution in [0.5, 0.6) is 11.5 Å². The number of benzene rings is 2. The lowest BCUT2D eigenvalue weighted by molar-refractivity contribution is 0.0951. The number of amides is 1. The third-order valence-electron chi connectivity index (χ3n) is 3.19. The van der Waals surface area contributed by atoms with Crippen LogP contribution in [0.15, 0.2) is 40.9 Å². The number of nitrogen functional groups attached to an aromatic ring is 1. The number of halogens is 1. The lowest BCUT2D eigenvalue weighted by Crippen LogP contribution is -2.23. The minimum Gasteiger partial charge on any atom is -0.454 e. The van der Waals surface area contributed by atoms with Crippen LogP contribution in [0.3, 0.4) is 0 Å². The molecule has 1 amide bonds.